The number of piperidine rings is 1. The van der Waals surface area contributed by atoms with Crippen molar-refractivity contribution in [2.45, 2.75) is 18.9 Å². The van der Waals surface area contributed by atoms with Gasteiger partial charge in [0, 0.05) is 43.3 Å². The Morgan fingerprint density at radius 3 is 2.56 bits per heavy atom. The third-order valence-corrected chi connectivity index (χ3v) is 5.98. The summed E-state index contributed by atoms with van der Waals surface area (Å²) < 4.78 is 1.52. The molecule has 2 N–H and O–H groups in total. The molecule has 0 saturated carbocycles. The smallest absolute Gasteiger partial charge is 0.329 e. The third kappa shape index (κ3) is 3.57. The van der Waals surface area contributed by atoms with E-state index >= 15 is 0 Å². The number of fused-ring (bicyclic) bond motifs is 3. The highest BCUT2D eigenvalue weighted by Gasteiger charge is 2.26. The molecule has 5 heterocycles. The number of aliphatic hydroxyl groups excluding tert-OH is 1. The van der Waals surface area contributed by atoms with Gasteiger partial charge in [-0.05, 0) is 25.0 Å². The van der Waals surface area contributed by atoms with E-state index in [0.29, 0.717) is 53.7 Å². The van der Waals surface area contributed by atoms with Crippen molar-refractivity contribution in [3.63, 3.8) is 0 Å². The van der Waals surface area contributed by atoms with Crippen molar-refractivity contribution < 1.29 is 9.90 Å². The van der Waals surface area contributed by atoms with E-state index in [1.54, 1.807) is 17.0 Å². The van der Waals surface area contributed by atoms with Gasteiger partial charge in [0.15, 0.2) is 0 Å². The molecule has 0 bridgehead atoms. The molecule has 12 nitrogen and oxygen atoms in total. The molecule has 0 aromatic carbocycles. The van der Waals surface area contributed by atoms with E-state index in [0.717, 1.165) is 0 Å². The van der Waals surface area contributed by atoms with Crippen LogP contribution in [-0.2, 0) is 4.79 Å². The van der Waals surface area contributed by atoms with Gasteiger partial charge in [0.25, 0.3) is 5.56 Å². The number of carbonyl (C=O) groups is 1. The van der Waals surface area contributed by atoms with Crippen LogP contribution in [0, 0.1) is 11.3 Å². The number of nitriles is 1. The molecule has 4 aromatic rings. The van der Waals surface area contributed by atoms with Gasteiger partial charge in [-0.25, -0.2) is 19.7 Å². The minimum Gasteiger partial charge on any atom is -0.387 e. The van der Waals surface area contributed by atoms with Gasteiger partial charge in [0.05, 0.1) is 22.1 Å². The molecule has 5 rings (SSSR count). The van der Waals surface area contributed by atoms with E-state index in [1.165, 1.54) is 23.2 Å². The Balaban J connectivity index is 1.68. The molecule has 1 fully saturated rings. The van der Waals surface area contributed by atoms with Gasteiger partial charge < -0.3 is 10.0 Å². The summed E-state index contributed by atoms with van der Waals surface area (Å²) in [5.74, 6) is -0.328. The molecule has 1 aliphatic rings. The van der Waals surface area contributed by atoms with E-state index in [2.05, 4.69) is 24.9 Å². The van der Waals surface area contributed by atoms with Crippen LogP contribution in [0.5, 0.6) is 0 Å². The molecule has 0 spiro atoms. The fourth-order valence-corrected chi connectivity index (χ4v) is 4.29. The molecule has 4 aromatic heterocycles. The van der Waals surface area contributed by atoms with Gasteiger partial charge in [-0.15, -0.1) is 0 Å². The summed E-state index contributed by atoms with van der Waals surface area (Å²) in [6.07, 6.45) is 5.32. The number of amides is 1. The summed E-state index contributed by atoms with van der Waals surface area (Å²) in [6, 6.07) is 5.03. The maximum Gasteiger partial charge on any atom is 0.329 e. The number of nitrogens with zero attached hydrogens (tertiary/aromatic N) is 7. The molecule has 0 aliphatic carbocycles. The average Bonchev–Trinajstić information content (AvgIpc) is 2.88. The topological polar surface area (TPSA) is 171 Å². The monoisotopic (exact) mass is 458 g/mol. The standard InChI is InChI=1S/C22H18N8O4/c23-7-17-25-8-12(9-26-17)15-1-2-16-19(27-15)20-14(10-24-16)21(33)28-22(34)30(20)13-3-5-29(6-4-13)18(32)11-31/h1-2,8-10,13,31H,3-6,11H2,(H,28,33,34). The molecule has 1 aliphatic heterocycles. The van der Waals surface area contributed by atoms with Gasteiger partial charge in [-0.2, -0.15) is 5.26 Å². The van der Waals surface area contributed by atoms with Crippen molar-refractivity contribution in [2.24, 2.45) is 0 Å². The Labute approximate surface area is 191 Å². The van der Waals surface area contributed by atoms with Crippen LogP contribution in [0.1, 0.15) is 24.7 Å². The van der Waals surface area contributed by atoms with Gasteiger partial charge in [0.2, 0.25) is 11.7 Å². The Hall–Kier alpha value is -4.50. The summed E-state index contributed by atoms with van der Waals surface area (Å²) in [4.78, 5) is 58.3. The number of likely N-dealkylation sites (tertiary alicyclic amines) is 1. The highest BCUT2D eigenvalue weighted by atomic mass is 16.3. The lowest BCUT2D eigenvalue weighted by Gasteiger charge is -2.33. The van der Waals surface area contributed by atoms with Crippen LogP contribution in [0.15, 0.2) is 40.3 Å². The van der Waals surface area contributed by atoms with Crippen LogP contribution >= 0.6 is 0 Å². The van der Waals surface area contributed by atoms with Crippen molar-refractivity contribution in [1.29, 1.82) is 5.26 Å². The molecule has 1 saturated heterocycles. The van der Waals surface area contributed by atoms with E-state index in [-0.39, 0.29) is 23.2 Å². The molecular weight excluding hydrogens is 440 g/mol. The van der Waals surface area contributed by atoms with Crippen molar-refractivity contribution in [3.8, 4) is 17.3 Å². The Morgan fingerprint density at radius 2 is 1.88 bits per heavy atom. The van der Waals surface area contributed by atoms with E-state index in [9.17, 15) is 14.4 Å². The molecule has 1 amide bonds. The number of aliphatic hydroxyl groups is 1. The number of nitrogens with one attached hydrogen (secondary N) is 1. The fourth-order valence-electron chi connectivity index (χ4n) is 4.29. The second-order valence-electron chi connectivity index (χ2n) is 7.89. The average molecular weight is 458 g/mol. The predicted octanol–water partition coefficient (Wildman–Crippen LogP) is 0.117. The number of aromatic nitrogens is 6. The number of rotatable bonds is 3. The molecular formula is C22H18N8O4. The third-order valence-electron chi connectivity index (χ3n) is 5.98. The Kier molecular flexibility index (Phi) is 5.31. The second kappa shape index (κ2) is 8.45. The van der Waals surface area contributed by atoms with Crippen LogP contribution in [0.25, 0.3) is 33.2 Å². The summed E-state index contributed by atoms with van der Waals surface area (Å²) in [5.41, 5.74) is 1.16. The first-order chi connectivity index (χ1) is 16.5. The van der Waals surface area contributed by atoms with Crippen LogP contribution in [0.4, 0.5) is 0 Å². The zero-order chi connectivity index (χ0) is 23.8. The number of aromatic amines is 1. The highest BCUT2D eigenvalue weighted by Crippen LogP contribution is 2.28. The maximum absolute atomic E-state index is 13.0. The SMILES string of the molecule is N#Cc1ncc(-c2ccc3ncc4c(=O)[nH]c(=O)n(C5CCN(C(=O)CO)CC5)c4c3n2)cn1. The van der Waals surface area contributed by atoms with Crippen molar-refractivity contribution in [3.05, 3.63) is 57.4 Å². The summed E-state index contributed by atoms with van der Waals surface area (Å²) in [7, 11) is 0. The molecule has 0 atom stereocenters. The predicted molar refractivity (Wildman–Crippen MR) is 120 cm³/mol. The van der Waals surface area contributed by atoms with Gasteiger partial charge >= 0.3 is 5.69 Å². The van der Waals surface area contributed by atoms with Crippen LogP contribution in [0.3, 0.4) is 0 Å². The molecule has 170 valence electrons. The summed E-state index contributed by atoms with van der Waals surface area (Å²) in [6.45, 7) is 0.192. The lowest BCUT2D eigenvalue weighted by atomic mass is 10.0. The lowest BCUT2D eigenvalue weighted by molar-refractivity contribution is -0.135. The van der Waals surface area contributed by atoms with Gasteiger partial charge in [-0.1, -0.05) is 0 Å². The number of carbonyl (C=O) groups excluding carboxylic acids is 1. The molecule has 0 radical (unpaired) electrons. The van der Waals surface area contributed by atoms with Crippen molar-refractivity contribution in [2.75, 3.05) is 19.7 Å². The number of hydrogen-bond acceptors (Lipinski definition) is 9. The van der Waals surface area contributed by atoms with Crippen molar-refractivity contribution >= 4 is 27.8 Å². The summed E-state index contributed by atoms with van der Waals surface area (Å²) in [5, 5.41) is 18.3. The van der Waals surface area contributed by atoms with Gasteiger partial charge in [0.1, 0.15) is 18.2 Å². The summed E-state index contributed by atoms with van der Waals surface area (Å²) >= 11 is 0. The van der Waals surface area contributed by atoms with E-state index in [4.69, 9.17) is 10.4 Å². The lowest BCUT2D eigenvalue weighted by Crippen LogP contribution is -2.43. The Bertz CT molecular complexity index is 1580. The van der Waals surface area contributed by atoms with Gasteiger partial charge in [-0.3, -0.25) is 24.1 Å². The van der Waals surface area contributed by atoms with E-state index in [1.807, 2.05) is 6.07 Å². The first-order valence-electron chi connectivity index (χ1n) is 10.6. The first-order valence-corrected chi connectivity index (χ1v) is 10.6. The maximum atomic E-state index is 13.0. The minimum atomic E-state index is -0.564. The van der Waals surface area contributed by atoms with Crippen LogP contribution in [0.2, 0.25) is 0 Å². The minimum absolute atomic E-state index is 0.0306. The largest absolute Gasteiger partial charge is 0.387 e. The second-order valence-corrected chi connectivity index (χ2v) is 7.89. The highest BCUT2D eigenvalue weighted by molar-refractivity contribution is 6.01. The van der Waals surface area contributed by atoms with Crippen molar-refractivity contribution in [1.82, 2.24) is 34.4 Å². The number of pyridine rings is 2. The quantitative estimate of drug-likeness (QED) is 0.405. The number of H-pyrrole nitrogens is 1. The Morgan fingerprint density at radius 1 is 1.15 bits per heavy atom. The van der Waals surface area contributed by atoms with Crippen LogP contribution in [-0.4, -0.2) is 65.1 Å². The molecule has 0 unspecified atom stereocenters. The molecule has 12 heteroatoms. The zero-order valence-corrected chi connectivity index (χ0v) is 17.8. The first kappa shape index (κ1) is 21.4. The fraction of sp³-hybridized carbons (Fsp3) is 0.273. The number of hydrogen-bond donors (Lipinski definition) is 2. The zero-order valence-electron chi connectivity index (χ0n) is 17.8. The van der Waals surface area contributed by atoms with E-state index < -0.39 is 17.9 Å². The normalized spacial score (nSPS) is 14.4. The van der Waals surface area contributed by atoms with Crippen LogP contribution < -0.4 is 11.2 Å². The molecule has 34 heavy (non-hydrogen) atoms.